The number of rotatable bonds is 5. The van der Waals surface area contributed by atoms with Gasteiger partial charge in [-0.1, -0.05) is 46.3 Å². The zero-order valence-electron chi connectivity index (χ0n) is 10.8. The van der Waals surface area contributed by atoms with Gasteiger partial charge in [-0.25, -0.2) is 0 Å². The Balaban J connectivity index is 2.09. The number of hydrogen-bond acceptors (Lipinski definition) is 2. The second kappa shape index (κ2) is 6.48. The summed E-state index contributed by atoms with van der Waals surface area (Å²) in [5, 5.41) is 0. The summed E-state index contributed by atoms with van der Waals surface area (Å²) in [5.74, 6) is -0.639. The minimum atomic E-state index is -0.572. The zero-order valence-corrected chi connectivity index (χ0v) is 12.4. The molecule has 4 heteroatoms. The fourth-order valence-electron chi connectivity index (χ4n) is 1.98. The number of Topliss-reactive ketones (excluding diaryl/α,β-unsaturated/α-hetero) is 1. The van der Waals surface area contributed by atoms with Crippen LogP contribution in [0.25, 0.3) is 0 Å². The van der Waals surface area contributed by atoms with E-state index in [0.29, 0.717) is 18.4 Å². The smallest absolute Gasteiger partial charge is 0.249 e. The van der Waals surface area contributed by atoms with E-state index in [2.05, 4.69) is 15.9 Å². The lowest BCUT2D eigenvalue weighted by Crippen LogP contribution is -2.16. The van der Waals surface area contributed by atoms with E-state index in [1.165, 1.54) is 0 Å². The molecule has 102 valence electrons. The fourth-order valence-corrected chi connectivity index (χ4v) is 2.25. The lowest BCUT2D eigenvalue weighted by molar-refractivity contribution is 0.0957. The lowest BCUT2D eigenvalue weighted by Gasteiger charge is -2.06. The van der Waals surface area contributed by atoms with Crippen molar-refractivity contribution in [1.29, 1.82) is 0 Å². The van der Waals surface area contributed by atoms with Crippen LogP contribution in [-0.2, 0) is 6.42 Å². The van der Waals surface area contributed by atoms with Crippen molar-refractivity contribution in [3.8, 4) is 0 Å². The van der Waals surface area contributed by atoms with Gasteiger partial charge >= 0.3 is 0 Å². The molecule has 0 aliphatic carbocycles. The fraction of sp³-hybridized carbons (Fsp3) is 0.125. The molecule has 0 unspecified atom stereocenters. The van der Waals surface area contributed by atoms with Crippen LogP contribution in [0, 0.1) is 0 Å². The molecule has 0 bridgehead atoms. The van der Waals surface area contributed by atoms with Crippen molar-refractivity contribution in [2.75, 3.05) is 0 Å². The normalized spacial score (nSPS) is 10.2. The van der Waals surface area contributed by atoms with E-state index in [1.807, 2.05) is 24.3 Å². The van der Waals surface area contributed by atoms with Gasteiger partial charge in [-0.15, -0.1) is 0 Å². The van der Waals surface area contributed by atoms with Crippen LogP contribution in [0.4, 0.5) is 0 Å². The molecule has 1 amide bonds. The van der Waals surface area contributed by atoms with Crippen LogP contribution in [0.5, 0.6) is 0 Å². The molecule has 0 saturated heterocycles. The van der Waals surface area contributed by atoms with Crippen LogP contribution in [0.2, 0.25) is 0 Å². The number of ketones is 1. The zero-order chi connectivity index (χ0) is 14.5. The largest absolute Gasteiger partial charge is 0.366 e. The molecule has 20 heavy (non-hydrogen) atoms. The van der Waals surface area contributed by atoms with E-state index < -0.39 is 5.91 Å². The first-order valence-corrected chi connectivity index (χ1v) is 7.03. The Labute approximate surface area is 125 Å². The molecule has 0 radical (unpaired) electrons. The summed E-state index contributed by atoms with van der Waals surface area (Å²) >= 11 is 3.37. The third kappa shape index (κ3) is 3.54. The van der Waals surface area contributed by atoms with Gasteiger partial charge in [0.2, 0.25) is 5.91 Å². The number of carbonyl (C=O) groups excluding carboxylic acids is 2. The molecule has 0 heterocycles. The first kappa shape index (κ1) is 14.5. The Morgan fingerprint density at radius 1 is 0.950 bits per heavy atom. The highest BCUT2D eigenvalue weighted by Gasteiger charge is 2.14. The number of primary amides is 1. The Bertz CT molecular complexity index is 635. The average molecular weight is 332 g/mol. The predicted molar refractivity (Wildman–Crippen MR) is 81.8 cm³/mol. The molecule has 2 N–H and O–H groups in total. The van der Waals surface area contributed by atoms with Crippen LogP contribution in [0.15, 0.2) is 53.0 Å². The summed E-state index contributed by atoms with van der Waals surface area (Å²) in [4.78, 5) is 23.5. The van der Waals surface area contributed by atoms with Gasteiger partial charge in [-0.3, -0.25) is 9.59 Å². The summed E-state index contributed by atoms with van der Waals surface area (Å²) in [6, 6.07) is 14.5. The highest BCUT2D eigenvalue weighted by Crippen LogP contribution is 2.15. The Morgan fingerprint density at radius 3 is 2.15 bits per heavy atom. The molecule has 0 aliphatic rings. The Hall–Kier alpha value is -1.94. The SMILES string of the molecule is NC(=O)c1ccccc1C(=O)CCc1ccc(Br)cc1. The maximum atomic E-state index is 12.2. The summed E-state index contributed by atoms with van der Waals surface area (Å²) in [6.07, 6.45) is 0.991. The van der Waals surface area contributed by atoms with Crippen LogP contribution in [0.1, 0.15) is 32.7 Å². The number of halogens is 1. The molecular formula is C16H14BrNO2. The van der Waals surface area contributed by atoms with Crippen molar-refractivity contribution in [1.82, 2.24) is 0 Å². The van der Waals surface area contributed by atoms with Gasteiger partial charge in [0.25, 0.3) is 0 Å². The van der Waals surface area contributed by atoms with Crippen molar-refractivity contribution in [3.63, 3.8) is 0 Å². The molecule has 0 aromatic heterocycles. The number of amides is 1. The van der Waals surface area contributed by atoms with E-state index in [9.17, 15) is 9.59 Å². The molecule has 0 spiro atoms. The van der Waals surface area contributed by atoms with Gasteiger partial charge in [0.05, 0.1) is 0 Å². The number of nitrogens with two attached hydrogens (primary N) is 1. The first-order chi connectivity index (χ1) is 9.58. The third-order valence-corrected chi connectivity index (χ3v) is 3.58. The highest BCUT2D eigenvalue weighted by atomic mass is 79.9. The minimum absolute atomic E-state index is 0.0673. The van der Waals surface area contributed by atoms with Crippen molar-refractivity contribution in [2.24, 2.45) is 5.73 Å². The van der Waals surface area contributed by atoms with Crippen LogP contribution < -0.4 is 5.73 Å². The van der Waals surface area contributed by atoms with Crippen LogP contribution in [-0.4, -0.2) is 11.7 Å². The summed E-state index contributed by atoms with van der Waals surface area (Å²) < 4.78 is 1.01. The summed E-state index contributed by atoms with van der Waals surface area (Å²) in [7, 11) is 0. The number of carbonyl (C=O) groups is 2. The molecule has 0 saturated carbocycles. The summed E-state index contributed by atoms with van der Waals surface area (Å²) in [6.45, 7) is 0. The standard InChI is InChI=1S/C16H14BrNO2/c17-12-8-5-11(6-9-12)7-10-15(19)13-3-1-2-4-14(13)16(18)20/h1-6,8-9H,7,10H2,(H2,18,20). The van der Waals surface area contributed by atoms with Crippen molar-refractivity contribution >= 4 is 27.6 Å². The van der Waals surface area contributed by atoms with E-state index in [1.54, 1.807) is 24.3 Å². The number of benzene rings is 2. The quantitative estimate of drug-likeness (QED) is 0.854. The number of aryl methyl sites for hydroxylation is 1. The lowest BCUT2D eigenvalue weighted by atomic mass is 9.98. The van der Waals surface area contributed by atoms with Gasteiger partial charge < -0.3 is 5.73 Å². The van der Waals surface area contributed by atoms with E-state index in [0.717, 1.165) is 10.0 Å². The van der Waals surface area contributed by atoms with Crippen LogP contribution in [0.3, 0.4) is 0 Å². The van der Waals surface area contributed by atoms with Crippen molar-refractivity contribution < 1.29 is 9.59 Å². The van der Waals surface area contributed by atoms with E-state index >= 15 is 0 Å². The second-order valence-electron chi connectivity index (χ2n) is 4.46. The van der Waals surface area contributed by atoms with Gasteiger partial charge in [0, 0.05) is 22.0 Å². The monoisotopic (exact) mass is 331 g/mol. The second-order valence-corrected chi connectivity index (χ2v) is 5.38. The molecule has 2 rings (SSSR count). The topological polar surface area (TPSA) is 60.2 Å². The van der Waals surface area contributed by atoms with Gasteiger partial charge in [-0.05, 0) is 30.2 Å². The maximum absolute atomic E-state index is 12.2. The molecule has 2 aromatic carbocycles. The summed E-state index contributed by atoms with van der Waals surface area (Å²) in [5.41, 5.74) is 7.05. The van der Waals surface area contributed by atoms with Crippen molar-refractivity contribution in [3.05, 3.63) is 69.7 Å². The Morgan fingerprint density at radius 2 is 1.55 bits per heavy atom. The maximum Gasteiger partial charge on any atom is 0.249 e. The van der Waals surface area contributed by atoms with E-state index in [-0.39, 0.29) is 11.3 Å². The average Bonchev–Trinajstić information content (AvgIpc) is 2.46. The molecule has 0 aliphatic heterocycles. The minimum Gasteiger partial charge on any atom is -0.366 e. The van der Waals surface area contributed by atoms with Crippen molar-refractivity contribution in [2.45, 2.75) is 12.8 Å². The first-order valence-electron chi connectivity index (χ1n) is 6.24. The molecule has 0 atom stereocenters. The number of hydrogen-bond donors (Lipinski definition) is 1. The molecule has 0 fully saturated rings. The van der Waals surface area contributed by atoms with Gasteiger partial charge in [0.15, 0.2) is 5.78 Å². The third-order valence-electron chi connectivity index (χ3n) is 3.05. The molecular weight excluding hydrogens is 318 g/mol. The Kier molecular flexibility index (Phi) is 4.69. The van der Waals surface area contributed by atoms with Crippen LogP contribution >= 0.6 is 15.9 Å². The van der Waals surface area contributed by atoms with Gasteiger partial charge in [-0.2, -0.15) is 0 Å². The molecule has 2 aromatic rings. The van der Waals surface area contributed by atoms with E-state index in [4.69, 9.17) is 5.73 Å². The predicted octanol–water partition coefficient (Wildman–Crippen LogP) is 3.36. The highest BCUT2D eigenvalue weighted by molar-refractivity contribution is 9.10. The molecule has 3 nitrogen and oxygen atoms in total. The van der Waals surface area contributed by atoms with Gasteiger partial charge in [0.1, 0.15) is 0 Å².